The van der Waals surface area contributed by atoms with Crippen LogP contribution in [0.15, 0.2) is 30.7 Å². The largest absolute Gasteiger partial charge is 0.360 e. The molecule has 0 aliphatic heterocycles. The number of rotatable bonds is 6. The Hall–Kier alpha value is -2.77. The Labute approximate surface area is 115 Å². The molecule has 2 heterocycles. The minimum atomic E-state index is -0.513. The zero-order chi connectivity index (χ0) is 14.4. The van der Waals surface area contributed by atoms with E-state index in [9.17, 15) is 10.1 Å². The number of nitrogens with zero attached hydrogens (tertiary/aromatic N) is 4. The van der Waals surface area contributed by atoms with Crippen LogP contribution in [0.2, 0.25) is 0 Å². The second kappa shape index (κ2) is 6.41. The van der Waals surface area contributed by atoms with Gasteiger partial charge in [0, 0.05) is 25.5 Å². The highest BCUT2D eigenvalue weighted by atomic mass is 16.6. The van der Waals surface area contributed by atoms with Crippen molar-refractivity contribution in [2.75, 3.05) is 17.2 Å². The SMILES string of the molecule is CCNc1ncc([N+](=O)[O-])c(NCc2cccnc2)n1. The second-order valence-corrected chi connectivity index (χ2v) is 3.93. The first kappa shape index (κ1) is 13.7. The van der Waals surface area contributed by atoms with E-state index in [0.717, 1.165) is 5.56 Å². The van der Waals surface area contributed by atoms with Gasteiger partial charge in [-0.1, -0.05) is 6.07 Å². The Morgan fingerprint density at radius 1 is 1.35 bits per heavy atom. The van der Waals surface area contributed by atoms with Gasteiger partial charge < -0.3 is 10.6 Å². The quantitative estimate of drug-likeness (QED) is 0.611. The van der Waals surface area contributed by atoms with Gasteiger partial charge in [0.05, 0.1) is 4.92 Å². The lowest BCUT2D eigenvalue weighted by atomic mass is 10.3. The molecule has 8 nitrogen and oxygen atoms in total. The average molecular weight is 274 g/mol. The number of hydrogen-bond acceptors (Lipinski definition) is 7. The van der Waals surface area contributed by atoms with Crippen LogP contribution in [0, 0.1) is 10.1 Å². The third kappa shape index (κ3) is 3.37. The molecule has 2 N–H and O–H groups in total. The maximum absolute atomic E-state index is 11.0. The lowest BCUT2D eigenvalue weighted by molar-refractivity contribution is -0.384. The molecule has 0 saturated carbocycles. The zero-order valence-corrected chi connectivity index (χ0v) is 10.9. The lowest BCUT2D eigenvalue weighted by Gasteiger charge is -2.08. The molecule has 0 aromatic carbocycles. The van der Waals surface area contributed by atoms with E-state index >= 15 is 0 Å². The molecule has 0 atom stereocenters. The molecule has 2 aromatic rings. The summed E-state index contributed by atoms with van der Waals surface area (Å²) in [7, 11) is 0. The molecular formula is C12H14N6O2. The molecule has 0 radical (unpaired) electrons. The molecule has 0 unspecified atom stereocenters. The molecule has 0 saturated heterocycles. The topological polar surface area (TPSA) is 106 Å². The predicted molar refractivity (Wildman–Crippen MR) is 74.4 cm³/mol. The van der Waals surface area contributed by atoms with E-state index in [1.807, 2.05) is 13.0 Å². The summed E-state index contributed by atoms with van der Waals surface area (Å²) in [5.41, 5.74) is 0.751. The Balaban J connectivity index is 2.19. The van der Waals surface area contributed by atoms with E-state index in [-0.39, 0.29) is 11.5 Å². The summed E-state index contributed by atoms with van der Waals surface area (Å²) < 4.78 is 0. The van der Waals surface area contributed by atoms with Crippen LogP contribution in [-0.4, -0.2) is 26.4 Å². The van der Waals surface area contributed by atoms with Crippen molar-refractivity contribution >= 4 is 17.5 Å². The van der Waals surface area contributed by atoms with Crippen molar-refractivity contribution < 1.29 is 4.92 Å². The molecule has 8 heteroatoms. The summed E-state index contributed by atoms with van der Waals surface area (Å²) in [6, 6.07) is 3.67. The summed E-state index contributed by atoms with van der Waals surface area (Å²) in [4.78, 5) is 22.4. The molecule has 104 valence electrons. The molecule has 0 fully saturated rings. The Morgan fingerprint density at radius 2 is 2.20 bits per heavy atom. The Bertz CT molecular complexity index is 590. The highest BCUT2D eigenvalue weighted by Crippen LogP contribution is 2.22. The van der Waals surface area contributed by atoms with Gasteiger partial charge in [-0.3, -0.25) is 15.1 Å². The minimum Gasteiger partial charge on any atom is -0.360 e. The van der Waals surface area contributed by atoms with Crippen LogP contribution in [-0.2, 0) is 6.54 Å². The first-order valence-corrected chi connectivity index (χ1v) is 6.08. The average Bonchev–Trinajstić information content (AvgIpc) is 2.46. The van der Waals surface area contributed by atoms with E-state index in [4.69, 9.17) is 0 Å². The monoisotopic (exact) mass is 274 g/mol. The molecule has 0 aliphatic rings. The van der Waals surface area contributed by atoms with Crippen molar-refractivity contribution in [2.45, 2.75) is 13.5 Å². The summed E-state index contributed by atoms with van der Waals surface area (Å²) in [5, 5.41) is 16.8. The van der Waals surface area contributed by atoms with Gasteiger partial charge in [-0.25, -0.2) is 4.98 Å². The van der Waals surface area contributed by atoms with Crippen LogP contribution in [0.5, 0.6) is 0 Å². The van der Waals surface area contributed by atoms with Gasteiger partial charge in [0.2, 0.25) is 11.8 Å². The van der Waals surface area contributed by atoms with Gasteiger partial charge in [-0.15, -0.1) is 0 Å². The van der Waals surface area contributed by atoms with Crippen molar-refractivity contribution in [3.8, 4) is 0 Å². The van der Waals surface area contributed by atoms with Crippen LogP contribution in [0.1, 0.15) is 12.5 Å². The van der Waals surface area contributed by atoms with Crippen LogP contribution in [0.4, 0.5) is 17.5 Å². The van der Waals surface area contributed by atoms with Crippen molar-refractivity contribution in [3.63, 3.8) is 0 Å². The van der Waals surface area contributed by atoms with Crippen LogP contribution in [0.25, 0.3) is 0 Å². The minimum absolute atomic E-state index is 0.157. The van der Waals surface area contributed by atoms with Gasteiger partial charge in [0.15, 0.2) is 0 Å². The molecule has 20 heavy (non-hydrogen) atoms. The van der Waals surface area contributed by atoms with Crippen molar-refractivity contribution in [2.24, 2.45) is 0 Å². The molecule has 0 bridgehead atoms. The maximum atomic E-state index is 11.0. The van der Waals surface area contributed by atoms with Gasteiger partial charge in [0.1, 0.15) is 6.20 Å². The van der Waals surface area contributed by atoms with E-state index in [0.29, 0.717) is 19.0 Å². The van der Waals surface area contributed by atoms with Crippen LogP contribution < -0.4 is 10.6 Å². The molecule has 2 aromatic heterocycles. The number of hydrogen-bond donors (Lipinski definition) is 2. The van der Waals surface area contributed by atoms with Crippen molar-refractivity contribution in [1.29, 1.82) is 0 Å². The summed E-state index contributed by atoms with van der Waals surface area (Å²) in [6.45, 7) is 2.94. The van der Waals surface area contributed by atoms with Gasteiger partial charge >= 0.3 is 5.69 Å². The first-order valence-electron chi connectivity index (χ1n) is 6.08. The highest BCUT2D eigenvalue weighted by molar-refractivity contribution is 5.57. The molecule has 0 spiro atoms. The maximum Gasteiger partial charge on any atom is 0.329 e. The molecule has 2 rings (SSSR count). The second-order valence-electron chi connectivity index (χ2n) is 3.93. The lowest BCUT2D eigenvalue weighted by Crippen LogP contribution is -2.09. The fourth-order valence-electron chi connectivity index (χ4n) is 1.57. The summed E-state index contributed by atoms with van der Waals surface area (Å²) in [5.74, 6) is 0.539. The van der Waals surface area contributed by atoms with Crippen LogP contribution in [0.3, 0.4) is 0 Å². The Kier molecular flexibility index (Phi) is 4.38. The third-order valence-electron chi connectivity index (χ3n) is 2.48. The number of pyridine rings is 1. The highest BCUT2D eigenvalue weighted by Gasteiger charge is 2.16. The smallest absolute Gasteiger partial charge is 0.329 e. The van der Waals surface area contributed by atoms with Gasteiger partial charge in [-0.2, -0.15) is 4.98 Å². The Morgan fingerprint density at radius 3 is 2.85 bits per heavy atom. The van der Waals surface area contributed by atoms with Crippen LogP contribution >= 0.6 is 0 Å². The fourth-order valence-corrected chi connectivity index (χ4v) is 1.57. The number of aromatic nitrogens is 3. The zero-order valence-electron chi connectivity index (χ0n) is 10.9. The standard InChI is InChI=1S/C12H14N6O2/c1-2-14-12-16-8-10(18(19)20)11(17-12)15-7-9-4-3-5-13-6-9/h3-6,8H,2,7H2,1H3,(H2,14,15,16,17). The van der Waals surface area contributed by atoms with Crippen molar-refractivity contribution in [1.82, 2.24) is 15.0 Å². The first-order chi connectivity index (χ1) is 9.70. The predicted octanol–water partition coefficient (Wildman–Crippen LogP) is 1.82. The van der Waals surface area contributed by atoms with E-state index in [1.165, 1.54) is 6.20 Å². The number of nitrogens with one attached hydrogen (secondary N) is 2. The normalized spacial score (nSPS) is 10.1. The van der Waals surface area contributed by atoms with E-state index < -0.39 is 4.92 Å². The van der Waals surface area contributed by atoms with Crippen molar-refractivity contribution in [3.05, 3.63) is 46.4 Å². The number of nitro groups is 1. The third-order valence-corrected chi connectivity index (χ3v) is 2.48. The fraction of sp³-hybridized carbons (Fsp3) is 0.250. The van der Waals surface area contributed by atoms with E-state index in [1.54, 1.807) is 18.5 Å². The number of anilines is 2. The van der Waals surface area contributed by atoms with Gasteiger partial charge in [-0.05, 0) is 18.6 Å². The molecule has 0 amide bonds. The van der Waals surface area contributed by atoms with Gasteiger partial charge in [0.25, 0.3) is 0 Å². The van der Waals surface area contributed by atoms with E-state index in [2.05, 4.69) is 25.6 Å². The summed E-state index contributed by atoms with van der Waals surface area (Å²) >= 11 is 0. The molecule has 0 aliphatic carbocycles. The molecular weight excluding hydrogens is 260 g/mol. The summed E-state index contributed by atoms with van der Waals surface area (Å²) in [6.07, 6.45) is 4.54.